The number of aryl methyl sites for hydroxylation is 1. The Morgan fingerprint density at radius 1 is 0.829 bits per heavy atom. The molecule has 214 valence electrons. The summed E-state index contributed by atoms with van der Waals surface area (Å²) in [6, 6.07) is 17.7. The second-order valence-corrected chi connectivity index (χ2v) is 9.72. The Hall–Kier alpha value is -4.99. The van der Waals surface area contributed by atoms with Gasteiger partial charge in [0.25, 0.3) is 5.91 Å². The molecule has 3 aromatic rings. The number of hydrogen-bond donors (Lipinski definition) is 3. The van der Waals surface area contributed by atoms with Gasteiger partial charge >= 0.3 is 11.9 Å². The highest BCUT2D eigenvalue weighted by molar-refractivity contribution is 5.98. The summed E-state index contributed by atoms with van der Waals surface area (Å²) in [6.45, 7) is 4.57. The Bertz CT molecular complexity index is 1400. The molecule has 41 heavy (non-hydrogen) atoms. The lowest BCUT2D eigenvalue weighted by Crippen LogP contribution is -2.53. The van der Waals surface area contributed by atoms with Gasteiger partial charge in [0.1, 0.15) is 17.8 Å². The van der Waals surface area contributed by atoms with Crippen molar-refractivity contribution < 1.29 is 33.8 Å². The van der Waals surface area contributed by atoms with Crippen LogP contribution in [0.2, 0.25) is 0 Å². The third-order valence-corrected chi connectivity index (χ3v) is 6.35. The summed E-state index contributed by atoms with van der Waals surface area (Å²) < 4.78 is 5.02. The summed E-state index contributed by atoms with van der Waals surface area (Å²) in [7, 11) is 1.39. The van der Waals surface area contributed by atoms with E-state index >= 15 is 0 Å². The van der Waals surface area contributed by atoms with Crippen molar-refractivity contribution in [1.29, 1.82) is 0 Å². The summed E-state index contributed by atoms with van der Waals surface area (Å²) in [5.74, 6) is -2.65. The zero-order valence-electron chi connectivity index (χ0n) is 23.3. The van der Waals surface area contributed by atoms with Gasteiger partial charge in [0.05, 0.1) is 0 Å². The second kappa shape index (κ2) is 13.9. The topological polar surface area (TPSA) is 142 Å². The van der Waals surface area contributed by atoms with Gasteiger partial charge in [-0.2, -0.15) is 0 Å². The molecule has 3 rings (SSSR count). The van der Waals surface area contributed by atoms with Crippen LogP contribution in [0.15, 0.2) is 72.8 Å². The van der Waals surface area contributed by atoms with E-state index in [2.05, 4.69) is 10.6 Å². The molecular weight excluding hydrogens is 526 g/mol. The molecule has 0 aliphatic carbocycles. The van der Waals surface area contributed by atoms with Crippen molar-refractivity contribution in [3.8, 4) is 5.75 Å². The lowest BCUT2D eigenvalue weighted by molar-refractivity contribution is -0.149. The van der Waals surface area contributed by atoms with Gasteiger partial charge in [0, 0.05) is 45.0 Å². The monoisotopic (exact) mass is 559 g/mol. The first kappa shape index (κ1) is 30.6. The SMILES string of the molecule is CC(=O)Nc1ccc(C[C@H](NC(=O)c2ccc(C)cc2)C(=O)N(C)[C@@H](Cc2ccc(OC(C)=O)cc2)C(=O)O)cc1. The predicted molar refractivity (Wildman–Crippen MR) is 153 cm³/mol. The fraction of sp³-hybridized carbons (Fsp3) is 0.258. The molecule has 10 nitrogen and oxygen atoms in total. The van der Waals surface area contributed by atoms with Crippen molar-refractivity contribution in [2.45, 2.75) is 45.7 Å². The Balaban J connectivity index is 1.84. The first-order valence-electron chi connectivity index (χ1n) is 12.9. The van der Waals surface area contributed by atoms with Crippen LogP contribution in [0.1, 0.15) is 40.9 Å². The summed E-state index contributed by atoms with van der Waals surface area (Å²) >= 11 is 0. The molecule has 0 unspecified atom stereocenters. The number of nitrogens with zero attached hydrogens (tertiary/aromatic N) is 1. The highest BCUT2D eigenvalue weighted by Crippen LogP contribution is 2.18. The van der Waals surface area contributed by atoms with Crippen LogP contribution < -0.4 is 15.4 Å². The van der Waals surface area contributed by atoms with Crippen LogP contribution in [0.25, 0.3) is 0 Å². The maximum absolute atomic E-state index is 13.7. The van der Waals surface area contributed by atoms with Gasteiger partial charge in [-0.05, 0) is 54.4 Å². The minimum Gasteiger partial charge on any atom is -0.480 e. The molecular formula is C31H33N3O7. The molecule has 0 saturated carbocycles. The van der Waals surface area contributed by atoms with Gasteiger partial charge in [-0.1, -0.05) is 42.0 Å². The molecule has 2 atom stereocenters. The van der Waals surface area contributed by atoms with Crippen molar-refractivity contribution in [2.75, 3.05) is 12.4 Å². The van der Waals surface area contributed by atoms with E-state index in [4.69, 9.17) is 4.74 Å². The lowest BCUT2D eigenvalue weighted by Gasteiger charge is -2.29. The Morgan fingerprint density at radius 2 is 1.39 bits per heavy atom. The highest BCUT2D eigenvalue weighted by Gasteiger charge is 2.32. The number of hydrogen-bond acceptors (Lipinski definition) is 6. The number of benzene rings is 3. The molecule has 0 aliphatic heterocycles. The molecule has 0 fully saturated rings. The number of carbonyl (C=O) groups is 5. The van der Waals surface area contributed by atoms with Gasteiger partial charge in [-0.25, -0.2) is 4.79 Å². The Kier molecular flexibility index (Phi) is 10.3. The van der Waals surface area contributed by atoms with Gasteiger partial charge in [-0.3, -0.25) is 19.2 Å². The molecule has 0 aromatic heterocycles. The fourth-order valence-electron chi connectivity index (χ4n) is 4.18. The summed E-state index contributed by atoms with van der Waals surface area (Å²) in [6.07, 6.45) is 0.0759. The molecule has 0 radical (unpaired) electrons. The average molecular weight is 560 g/mol. The zero-order chi connectivity index (χ0) is 30.1. The second-order valence-electron chi connectivity index (χ2n) is 9.72. The first-order valence-corrected chi connectivity index (χ1v) is 12.9. The van der Waals surface area contributed by atoms with Crippen LogP contribution in [0.4, 0.5) is 5.69 Å². The van der Waals surface area contributed by atoms with Gasteiger partial charge in [-0.15, -0.1) is 0 Å². The largest absolute Gasteiger partial charge is 0.480 e. The van der Waals surface area contributed by atoms with E-state index in [1.807, 2.05) is 6.92 Å². The molecule has 0 aliphatic rings. The van der Waals surface area contributed by atoms with Crippen LogP contribution >= 0.6 is 0 Å². The lowest BCUT2D eigenvalue weighted by atomic mass is 10.0. The normalized spacial score (nSPS) is 12.0. The number of anilines is 1. The molecule has 0 bridgehead atoms. The first-order chi connectivity index (χ1) is 19.4. The highest BCUT2D eigenvalue weighted by atomic mass is 16.5. The number of nitrogens with one attached hydrogen (secondary N) is 2. The van der Waals surface area contributed by atoms with Crippen LogP contribution in [0, 0.1) is 6.92 Å². The van der Waals surface area contributed by atoms with Crippen LogP contribution in [-0.2, 0) is 32.0 Å². The van der Waals surface area contributed by atoms with Crippen LogP contribution in [0.5, 0.6) is 5.75 Å². The predicted octanol–water partition coefficient (Wildman–Crippen LogP) is 3.37. The maximum Gasteiger partial charge on any atom is 0.326 e. The van der Waals surface area contributed by atoms with Gasteiger partial charge in [0.15, 0.2) is 0 Å². The third-order valence-electron chi connectivity index (χ3n) is 6.35. The van der Waals surface area contributed by atoms with E-state index in [1.54, 1.807) is 72.8 Å². The van der Waals surface area contributed by atoms with Crippen molar-refractivity contribution >= 4 is 35.3 Å². The fourth-order valence-corrected chi connectivity index (χ4v) is 4.18. The molecule has 0 saturated heterocycles. The third kappa shape index (κ3) is 9.03. The number of carboxylic acid groups (broad SMARTS) is 1. The van der Waals surface area contributed by atoms with Crippen LogP contribution in [-0.4, -0.2) is 58.8 Å². The number of amides is 3. The van der Waals surface area contributed by atoms with E-state index in [9.17, 15) is 29.1 Å². The van der Waals surface area contributed by atoms with Crippen molar-refractivity contribution in [1.82, 2.24) is 10.2 Å². The molecule has 10 heteroatoms. The van der Waals surface area contributed by atoms with Crippen LogP contribution in [0.3, 0.4) is 0 Å². The summed E-state index contributed by atoms with van der Waals surface area (Å²) in [5.41, 5.74) is 3.22. The van der Waals surface area contributed by atoms with Crippen molar-refractivity contribution in [2.24, 2.45) is 0 Å². The van der Waals surface area contributed by atoms with Gasteiger partial charge < -0.3 is 25.4 Å². The summed E-state index contributed by atoms with van der Waals surface area (Å²) in [4.78, 5) is 62.7. The van der Waals surface area contributed by atoms with E-state index in [0.29, 0.717) is 28.1 Å². The quantitative estimate of drug-likeness (QED) is 0.242. The number of esters is 1. The Labute approximate surface area is 238 Å². The molecule has 3 aromatic carbocycles. The number of aliphatic carboxylic acids is 1. The molecule has 0 heterocycles. The molecule has 0 spiro atoms. The number of rotatable bonds is 11. The van der Waals surface area contributed by atoms with Crippen molar-refractivity contribution in [3.05, 3.63) is 95.1 Å². The van der Waals surface area contributed by atoms with Crippen molar-refractivity contribution in [3.63, 3.8) is 0 Å². The van der Waals surface area contributed by atoms with E-state index < -0.39 is 35.8 Å². The molecule has 3 N–H and O–H groups in total. The van der Waals surface area contributed by atoms with E-state index in [0.717, 1.165) is 10.5 Å². The minimum absolute atomic E-state index is 0.0119. The average Bonchev–Trinajstić information content (AvgIpc) is 2.92. The smallest absolute Gasteiger partial charge is 0.326 e. The minimum atomic E-state index is -1.23. The number of carbonyl (C=O) groups excluding carboxylic acids is 4. The van der Waals surface area contributed by atoms with E-state index in [-0.39, 0.29) is 18.7 Å². The Morgan fingerprint density at radius 3 is 1.93 bits per heavy atom. The molecule has 3 amide bonds. The number of likely N-dealkylation sites (N-methyl/N-ethyl adjacent to an activating group) is 1. The number of carboxylic acids is 1. The maximum atomic E-state index is 13.7. The summed E-state index contributed by atoms with van der Waals surface area (Å²) in [5, 5.41) is 15.4. The standard InChI is InChI=1S/C31H33N3O7/c1-19-5-11-24(12-6-19)29(37)33-27(17-22-7-13-25(14-8-22)32-20(2)35)30(38)34(4)28(31(39)40)18-23-9-15-26(16-10-23)41-21(3)36/h5-16,27-28H,17-18H2,1-4H3,(H,32,35)(H,33,37)(H,39,40)/t27-,28-/m0/s1. The number of ether oxygens (including phenoxy) is 1. The van der Waals surface area contributed by atoms with E-state index in [1.165, 1.54) is 20.9 Å². The van der Waals surface area contributed by atoms with Gasteiger partial charge in [0.2, 0.25) is 11.8 Å². The zero-order valence-corrected chi connectivity index (χ0v) is 23.3.